The van der Waals surface area contributed by atoms with Crippen molar-refractivity contribution in [1.29, 1.82) is 0 Å². The predicted octanol–water partition coefficient (Wildman–Crippen LogP) is 5.67. The molecule has 1 N–H and O–H groups in total. The molecule has 98 valence electrons. The second kappa shape index (κ2) is 4.91. The van der Waals surface area contributed by atoms with Crippen molar-refractivity contribution >= 4 is 33.2 Å². The van der Waals surface area contributed by atoms with Gasteiger partial charge in [-0.15, -0.1) is 0 Å². The highest BCUT2D eigenvalue weighted by Crippen LogP contribution is 2.45. The Balaban J connectivity index is 2.65. The van der Waals surface area contributed by atoms with Crippen molar-refractivity contribution in [3.8, 4) is 11.3 Å². The molecular weight excluding hydrogens is 344 g/mol. The van der Waals surface area contributed by atoms with Crippen molar-refractivity contribution in [3.63, 3.8) is 0 Å². The van der Waals surface area contributed by atoms with Crippen LogP contribution in [0.1, 0.15) is 5.69 Å². The molecule has 0 unspecified atom stereocenters. The molecule has 1 aromatic carbocycles. The van der Waals surface area contributed by atoms with Crippen LogP contribution in [0.25, 0.3) is 16.1 Å². The summed E-state index contributed by atoms with van der Waals surface area (Å²) in [6.45, 7) is 7.02. The van der Waals surface area contributed by atoms with Gasteiger partial charge in [-0.25, -0.2) is 4.85 Å². The van der Waals surface area contributed by atoms with Crippen molar-refractivity contribution in [2.75, 3.05) is 0 Å². The number of nitrogens with one attached hydrogen (secondary N) is 1. The lowest BCUT2D eigenvalue weighted by molar-refractivity contribution is -0.141. The third kappa shape index (κ3) is 2.62. The van der Waals surface area contributed by atoms with Crippen LogP contribution in [0.3, 0.4) is 0 Å². The van der Waals surface area contributed by atoms with Crippen molar-refractivity contribution in [2.24, 2.45) is 0 Å². The normalized spacial score (nSPS) is 11.4. The SMILES string of the molecule is [C-]#[N+]c1c(-c2ccc(Cl)cc2)[nH]c(C(F)(F)F)c1Br. The maximum absolute atomic E-state index is 12.8. The lowest BCUT2D eigenvalue weighted by atomic mass is 10.1. The van der Waals surface area contributed by atoms with Crippen LogP contribution in [0.15, 0.2) is 28.7 Å². The number of aromatic amines is 1. The van der Waals surface area contributed by atoms with Crippen molar-refractivity contribution < 1.29 is 13.2 Å². The molecule has 19 heavy (non-hydrogen) atoms. The summed E-state index contributed by atoms with van der Waals surface area (Å²) in [5.41, 5.74) is -0.490. The van der Waals surface area contributed by atoms with Gasteiger partial charge in [-0.3, -0.25) is 0 Å². The molecule has 0 radical (unpaired) electrons. The van der Waals surface area contributed by atoms with Gasteiger partial charge in [0, 0.05) is 5.02 Å². The first-order chi connectivity index (χ1) is 8.84. The highest BCUT2D eigenvalue weighted by molar-refractivity contribution is 9.10. The highest BCUT2D eigenvalue weighted by Gasteiger charge is 2.37. The molecule has 0 amide bonds. The van der Waals surface area contributed by atoms with Gasteiger partial charge < -0.3 is 4.98 Å². The molecule has 0 aliphatic rings. The van der Waals surface area contributed by atoms with Crippen molar-refractivity contribution in [1.82, 2.24) is 4.98 Å². The molecule has 0 spiro atoms. The fraction of sp³-hybridized carbons (Fsp3) is 0.0833. The van der Waals surface area contributed by atoms with E-state index in [4.69, 9.17) is 18.2 Å². The average Bonchev–Trinajstić information content (AvgIpc) is 2.67. The lowest BCUT2D eigenvalue weighted by Gasteiger charge is -2.04. The van der Waals surface area contributed by atoms with Crippen LogP contribution in [-0.2, 0) is 6.18 Å². The Kier molecular flexibility index (Phi) is 3.61. The largest absolute Gasteiger partial charge is 0.431 e. The molecule has 0 fully saturated rings. The zero-order valence-electron chi connectivity index (χ0n) is 9.15. The van der Waals surface area contributed by atoms with Gasteiger partial charge in [0.2, 0.25) is 5.69 Å². The second-order valence-electron chi connectivity index (χ2n) is 3.65. The summed E-state index contributed by atoms with van der Waals surface area (Å²) in [6.07, 6.45) is -4.55. The minimum absolute atomic E-state index is 0.102. The molecule has 2 nitrogen and oxygen atoms in total. The second-order valence-corrected chi connectivity index (χ2v) is 4.88. The quantitative estimate of drug-likeness (QED) is 0.640. The Hall–Kier alpha value is -1.45. The van der Waals surface area contributed by atoms with Gasteiger partial charge in [0.1, 0.15) is 5.69 Å². The predicted molar refractivity (Wildman–Crippen MR) is 70.2 cm³/mol. The van der Waals surface area contributed by atoms with E-state index in [0.29, 0.717) is 10.6 Å². The Bertz CT molecular complexity index is 653. The summed E-state index contributed by atoms with van der Waals surface area (Å²) in [4.78, 5) is 5.39. The molecule has 0 saturated heterocycles. The number of benzene rings is 1. The summed E-state index contributed by atoms with van der Waals surface area (Å²) < 4.78 is 38.0. The number of nitrogens with zero attached hydrogens (tertiary/aromatic N) is 1. The molecule has 2 rings (SSSR count). The third-order valence-electron chi connectivity index (χ3n) is 2.44. The van der Waals surface area contributed by atoms with Crippen LogP contribution < -0.4 is 0 Å². The number of rotatable bonds is 1. The van der Waals surface area contributed by atoms with E-state index in [2.05, 4.69) is 25.8 Å². The van der Waals surface area contributed by atoms with Gasteiger partial charge in [-0.05, 0) is 17.7 Å². The summed E-state index contributed by atoms with van der Waals surface area (Å²) in [5, 5.41) is 0.467. The molecule has 1 aromatic heterocycles. The Morgan fingerprint density at radius 3 is 2.26 bits per heavy atom. The minimum Gasteiger partial charge on any atom is -0.360 e. The summed E-state index contributed by atoms with van der Waals surface area (Å²) in [5.74, 6) is 0. The maximum Gasteiger partial charge on any atom is 0.431 e. The van der Waals surface area contributed by atoms with Gasteiger partial charge in [-0.1, -0.05) is 39.7 Å². The molecule has 0 saturated carbocycles. The molecular formula is C12H5BrClF3N2. The molecule has 0 aliphatic carbocycles. The molecule has 0 atom stereocenters. The zero-order chi connectivity index (χ0) is 14.2. The van der Waals surface area contributed by atoms with Crippen LogP contribution in [0.5, 0.6) is 0 Å². The van der Waals surface area contributed by atoms with Crippen LogP contribution in [-0.4, -0.2) is 4.98 Å². The van der Waals surface area contributed by atoms with Crippen LogP contribution in [0, 0.1) is 6.57 Å². The number of aromatic nitrogens is 1. The van der Waals surface area contributed by atoms with E-state index in [9.17, 15) is 13.2 Å². The fourth-order valence-electron chi connectivity index (χ4n) is 1.59. The van der Waals surface area contributed by atoms with Gasteiger partial charge in [0.25, 0.3) is 0 Å². The lowest BCUT2D eigenvalue weighted by Crippen LogP contribution is -2.06. The number of hydrogen-bond donors (Lipinski definition) is 1. The Morgan fingerprint density at radius 2 is 1.79 bits per heavy atom. The van der Waals surface area contributed by atoms with Crippen LogP contribution >= 0.6 is 27.5 Å². The van der Waals surface area contributed by atoms with Crippen LogP contribution in [0.2, 0.25) is 5.02 Å². The first kappa shape index (κ1) is 14.0. The van der Waals surface area contributed by atoms with Crippen molar-refractivity contribution in [3.05, 3.63) is 50.9 Å². The van der Waals surface area contributed by atoms with E-state index in [1.54, 1.807) is 24.3 Å². The smallest absolute Gasteiger partial charge is 0.360 e. The zero-order valence-corrected chi connectivity index (χ0v) is 11.5. The molecule has 1 heterocycles. The molecule has 0 aliphatic heterocycles. The number of alkyl halides is 3. The van der Waals surface area contributed by atoms with Crippen molar-refractivity contribution in [2.45, 2.75) is 6.18 Å². The standard InChI is InChI=1S/C12H5BrClF3N2/c1-18-10-8(13)11(12(15,16)17)19-9(10)6-2-4-7(14)5-3-6/h2-5,19H. The molecule has 7 heteroatoms. The average molecular weight is 350 g/mol. The summed E-state index contributed by atoms with van der Waals surface area (Å²) in [7, 11) is 0. The van der Waals surface area contributed by atoms with E-state index in [1.165, 1.54) is 0 Å². The summed E-state index contributed by atoms with van der Waals surface area (Å²) in [6, 6.07) is 6.20. The Labute approximate surface area is 120 Å². The van der Waals surface area contributed by atoms with E-state index in [-0.39, 0.29) is 15.9 Å². The van der Waals surface area contributed by atoms with Gasteiger partial charge in [0.05, 0.1) is 16.7 Å². The minimum atomic E-state index is -4.55. The van der Waals surface area contributed by atoms with Gasteiger partial charge in [0.15, 0.2) is 0 Å². The summed E-state index contributed by atoms with van der Waals surface area (Å²) >= 11 is 8.54. The van der Waals surface area contributed by atoms with E-state index >= 15 is 0 Å². The number of hydrogen-bond acceptors (Lipinski definition) is 0. The number of halogens is 5. The molecule has 2 aromatic rings. The van der Waals surface area contributed by atoms with E-state index in [0.717, 1.165) is 0 Å². The monoisotopic (exact) mass is 348 g/mol. The first-order valence-electron chi connectivity index (χ1n) is 4.96. The van der Waals surface area contributed by atoms with E-state index < -0.39 is 11.9 Å². The Morgan fingerprint density at radius 1 is 1.21 bits per heavy atom. The van der Waals surface area contributed by atoms with Crippen LogP contribution in [0.4, 0.5) is 18.9 Å². The topological polar surface area (TPSA) is 20.1 Å². The molecule has 0 bridgehead atoms. The van der Waals surface area contributed by atoms with E-state index in [1.807, 2.05) is 0 Å². The highest BCUT2D eigenvalue weighted by atomic mass is 79.9. The first-order valence-corrected chi connectivity index (χ1v) is 6.13. The number of H-pyrrole nitrogens is 1. The fourth-order valence-corrected chi connectivity index (χ4v) is 2.33. The van der Waals surface area contributed by atoms with Gasteiger partial charge in [-0.2, -0.15) is 13.2 Å². The third-order valence-corrected chi connectivity index (χ3v) is 3.47. The maximum atomic E-state index is 12.8. The van der Waals surface area contributed by atoms with Gasteiger partial charge >= 0.3 is 6.18 Å².